The van der Waals surface area contributed by atoms with Crippen LogP contribution in [-0.2, 0) is 0 Å². The van der Waals surface area contributed by atoms with Crippen LogP contribution in [0.25, 0.3) is 0 Å². The second-order valence-corrected chi connectivity index (χ2v) is 10.1. The number of hydrogen-bond donors (Lipinski definition) is 0. The molecule has 1 aromatic carbocycles. The largest absolute Gasteiger partial charge is 0.207 e. The summed E-state index contributed by atoms with van der Waals surface area (Å²) in [4.78, 5) is 0. The molecular weight excluding hydrogens is 331 g/mol. The average molecular weight is 371 g/mol. The minimum Gasteiger partial charge on any atom is -0.207 e. The predicted molar refractivity (Wildman–Crippen MR) is 112 cm³/mol. The number of fused-ring (bicyclic) bond motifs is 1. The van der Waals surface area contributed by atoms with Crippen LogP contribution in [0.4, 0.5) is 4.39 Å². The van der Waals surface area contributed by atoms with Crippen molar-refractivity contribution in [3.05, 3.63) is 35.6 Å². The maximum absolute atomic E-state index is 13.2. The van der Waals surface area contributed by atoms with Crippen molar-refractivity contribution in [2.75, 3.05) is 0 Å². The van der Waals surface area contributed by atoms with Gasteiger partial charge in [-0.05, 0) is 85.3 Å². The highest BCUT2D eigenvalue weighted by Gasteiger charge is 2.36. The molecule has 0 heterocycles. The molecule has 1 heteroatoms. The van der Waals surface area contributed by atoms with E-state index in [1.165, 1.54) is 89.0 Å². The smallest absolute Gasteiger partial charge is 0.123 e. The molecule has 0 aliphatic heterocycles. The van der Waals surface area contributed by atoms with Crippen LogP contribution in [0.3, 0.4) is 0 Å². The third-order valence-electron chi connectivity index (χ3n) is 8.59. The maximum atomic E-state index is 13.2. The van der Waals surface area contributed by atoms with Crippen molar-refractivity contribution in [3.8, 4) is 0 Å². The van der Waals surface area contributed by atoms with Gasteiger partial charge in [-0.1, -0.05) is 70.4 Å². The molecule has 0 aromatic heterocycles. The second-order valence-electron chi connectivity index (χ2n) is 10.1. The fraction of sp³-hybridized carbons (Fsp3) is 0.769. The summed E-state index contributed by atoms with van der Waals surface area (Å²) < 4.78 is 13.2. The lowest BCUT2D eigenvalue weighted by Crippen LogP contribution is -2.30. The van der Waals surface area contributed by atoms with Gasteiger partial charge in [0.2, 0.25) is 0 Å². The van der Waals surface area contributed by atoms with Crippen LogP contribution < -0.4 is 0 Å². The van der Waals surface area contributed by atoms with Gasteiger partial charge in [0.15, 0.2) is 0 Å². The Morgan fingerprint density at radius 3 is 2.04 bits per heavy atom. The Balaban J connectivity index is 1.22. The zero-order valence-electron chi connectivity index (χ0n) is 17.3. The van der Waals surface area contributed by atoms with Crippen LogP contribution in [0.5, 0.6) is 0 Å². The van der Waals surface area contributed by atoms with Gasteiger partial charge < -0.3 is 0 Å². The molecule has 1 aromatic rings. The molecule has 27 heavy (non-hydrogen) atoms. The van der Waals surface area contributed by atoms with Gasteiger partial charge in [-0.2, -0.15) is 0 Å². The lowest BCUT2D eigenvalue weighted by atomic mass is 9.63. The van der Waals surface area contributed by atoms with Crippen molar-refractivity contribution in [3.63, 3.8) is 0 Å². The lowest BCUT2D eigenvalue weighted by Gasteiger charge is -2.42. The number of halogens is 1. The van der Waals surface area contributed by atoms with Gasteiger partial charge in [-0.15, -0.1) is 0 Å². The molecule has 0 nitrogen and oxygen atoms in total. The van der Waals surface area contributed by atoms with Crippen LogP contribution in [0.15, 0.2) is 24.3 Å². The first kappa shape index (κ1) is 19.5. The van der Waals surface area contributed by atoms with E-state index in [9.17, 15) is 4.39 Å². The fourth-order valence-electron chi connectivity index (χ4n) is 6.69. The van der Waals surface area contributed by atoms with Gasteiger partial charge in [0.05, 0.1) is 0 Å². The van der Waals surface area contributed by atoms with E-state index >= 15 is 0 Å². The Morgan fingerprint density at radius 1 is 0.704 bits per heavy atom. The zero-order chi connectivity index (χ0) is 18.6. The molecule has 0 N–H and O–H groups in total. The summed E-state index contributed by atoms with van der Waals surface area (Å²) in [5.41, 5.74) is 1.37. The van der Waals surface area contributed by atoms with Crippen molar-refractivity contribution in [2.24, 2.45) is 29.6 Å². The Hall–Kier alpha value is -0.850. The Kier molecular flexibility index (Phi) is 6.56. The predicted octanol–water partition coefficient (Wildman–Crippen LogP) is 8.12. The van der Waals surface area contributed by atoms with Gasteiger partial charge in [0.1, 0.15) is 5.82 Å². The monoisotopic (exact) mass is 370 g/mol. The summed E-state index contributed by atoms with van der Waals surface area (Å²) in [7, 11) is 0. The molecule has 4 atom stereocenters. The molecule has 3 aliphatic carbocycles. The van der Waals surface area contributed by atoms with Gasteiger partial charge in [-0.25, -0.2) is 4.39 Å². The van der Waals surface area contributed by atoms with Crippen molar-refractivity contribution in [1.82, 2.24) is 0 Å². The Bertz CT molecular complexity index is 568. The van der Waals surface area contributed by atoms with E-state index in [-0.39, 0.29) is 5.82 Å². The SMILES string of the molecule is CCC1CCC(CCC2CCC3CC(c4ccc(F)cc4)CCC3C2)CC1. The van der Waals surface area contributed by atoms with Crippen molar-refractivity contribution in [1.29, 1.82) is 0 Å². The standard InChI is InChI=1S/C26H39F/c1-2-19-3-5-20(6-4-19)7-8-21-9-10-25-18-24(12-11-23(25)17-21)22-13-15-26(27)16-14-22/h13-16,19-21,23-25H,2-12,17-18H2,1H3. The normalized spacial score (nSPS) is 37.0. The van der Waals surface area contributed by atoms with Crippen LogP contribution >= 0.6 is 0 Å². The van der Waals surface area contributed by atoms with Gasteiger partial charge in [0, 0.05) is 0 Å². The lowest BCUT2D eigenvalue weighted by molar-refractivity contribution is 0.109. The summed E-state index contributed by atoms with van der Waals surface area (Å²) in [5.74, 6) is 5.58. The molecule has 3 saturated carbocycles. The Morgan fingerprint density at radius 2 is 1.30 bits per heavy atom. The number of benzene rings is 1. The zero-order valence-corrected chi connectivity index (χ0v) is 17.3. The van der Waals surface area contributed by atoms with Crippen LogP contribution in [0, 0.1) is 35.4 Å². The molecule has 0 saturated heterocycles. The van der Waals surface area contributed by atoms with Gasteiger partial charge >= 0.3 is 0 Å². The molecular formula is C26H39F. The summed E-state index contributed by atoms with van der Waals surface area (Å²) in [5, 5.41) is 0. The molecule has 0 spiro atoms. The van der Waals surface area contributed by atoms with Crippen molar-refractivity contribution < 1.29 is 4.39 Å². The summed E-state index contributed by atoms with van der Waals surface area (Å²) in [6.07, 6.45) is 19.0. The van der Waals surface area contributed by atoms with E-state index in [4.69, 9.17) is 0 Å². The first-order valence-electron chi connectivity index (χ1n) is 12.0. The number of hydrogen-bond acceptors (Lipinski definition) is 0. The van der Waals surface area contributed by atoms with Crippen LogP contribution in [-0.4, -0.2) is 0 Å². The molecule has 4 unspecified atom stereocenters. The molecule has 150 valence electrons. The molecule has 3 aliphatic rings. The number of rotatable bonds is 5. The first-order valence-corrected chi connectivity index (χ1v) is 12.0. The van der Waals surface area contributed by atoms with E-state index in [0.717, 1.165) is 29.6 Å². The summed E-state index contributed by atoms with van der Waals surface area (Å²) >= 11 is 0. The van der Waals surface area contributed by atoms with E-state index < -0.39 is 0 Å². The third kappa shape index (κ3) is 4.96. The van der Waals surface area contributed by atoms with E-state index in [1.54, 1.807) is 12.1 Å². The fourth-order valence-corrected chi connectivity index (χ4v) is 6.69. The minimum absolute atomic E-state index is 0.101. The van der Waals surface area contributed by atoms with Crippen LogP contribution in [0.2, 0.25) is 0 Å². The highest BCUT2D eigenvalue weighted by molar-refractivity contribution is 5.21. The molecule has 0 bridgehead atoms. The first-order chi connectivity index (χ1) is 13.2. The van der Waals surface area contributed by atoms with Gasteiger partial charge in [0.25, 0.3) is 0 Å². The van der Waals surface area contributed by atoms with E-state index in [1.807, 2.05) is 12.1 Å². The highest BCUT2D eigenvalue weighted by Crippen LogP contribution is 2.48. The Labute approximate surface area is 166 Å². The van der Waals surface area contributed by atoms with E-state index in [2.05, 4.69) is 6.92 Å². The molecule has 3 fully saturated rings. The molecule has 0 amide bonds. The van der Waals surface area contributed by atoms with E-state index in [0.29, 0.717) is 5.92 Å². The minimum atomic E-state index is -0.101. The van der Waals surface area contributed by atoms with Gasteiger partial charge in [-0.3, -0.25) is 0 Å². The van der Waals surface area contributed by atoms with Crippen molar-refractivity contribution >= 4 is 0 Å². The third-order valence-corrected chi connectivity index (χ3v) is 8.59. The summed E-state index contributed by atoms with van der Waals surface area (Å²) in [6, 6.07) is 7.34. The van der Waals surface area contributed by atoms with Crippen LogP contribution in [0.1, 0.15) is 102 Å². The molecule has 4 rings (SSSR count). The van der Waals surface area contributed by atoms with Crippen molar-refractivity contribution in [2.45, 2.75) is 96.3 Å². The maximum Gasteiger partial charge on any atom is 0.123 e. The summed E-state index contributed by atoms with van der Waals surface area (Å²) in [6.45, 7) is 2.37. The second kappa shape index (κ2) is 9.10. The molecule has 0 radical (unpaired) electrons. The quantitative estimate of drug-likeness (QED) is 0.491. The highest BCUT2D eigenvalue weighted by atomic mass is 19.1. The average Bonchev–Trinajstić information content (AvgIpc) is 2.72. The topological polar surface area (TPSA) is 0 Å².